The molecule has 2 nitrogen and oxygen atoms in total. The maximum absolute atomic E-state index is 6.26. The van der Waals surface area contributed by atoms with Crippen molar-refractivity contribution in [2.24, 2.45) is 5.73 Å². The Balaban J connectivity index is 1.86. The van der Waals surface area contributed by atoms with Crippen molar-refractivity contribution >= 4 is 44.5 Å². The van der Waals surface area contributed by atoms with Gasteiger partial charge in [0.1, 0.15) is 0 Å². The highest BCUT2D eigenvalue weighted by Crippen LogP contribution is 2.34. The van der Waals surface area contributed by atoms with Crippen LogP contribution in [-0.4, -0.2) is 4.98 Å². The Morgan fingerprint density at radius 3 is 2.84 bits per heavy atom. The van der Waals surface area contributed by atoms with Crippen LogP contribution < -0.4 is 5.73 Å². The van der Waals surface area contributed by atoms with Gasteiger partial charge in [-0.15, -0.1) is 22.7 Å². The number of nitrogens with two attached hydrogens (primary N) is 1. The predicted octanol–water partition coefficient (Wildman–Crippen LogP) is 4.56. The van der Waals surface area contributed by atoms with Gasteiger partial charge in [0.15, 0.2) is 0 Å². The molecule has 1 atom stereocenters. The highest BCUT2D eigenvalue weighted by atomic mass is 35.5. The Kier molecular flexibility index (Phi) is 3.58. The molecule has 0 aliphatic rings. The second-order valence-electron chi connectivity index (χ2n) is 4.48. The number of hydrogen-bond donors (Lipinski definition) is 1. The van der Waals surface area contributed by atoms with E-state index in [2.05, 4.69) is 16.4 Å². The van der Waals surface area contributed by atoms with Crippen LogP contribution in [0.15, 0.2) is 29.6 Å². The number of benzene rings is 1. The maximum atomic E-state index is 6.26. The van der Waals surface area contributed by atoms with Crippen molar-refractivity contribution in [1.82, 2.24) is 4.98 Å². The maximum Gasteiger partial charge on any atom is 0.0957 e. The van der Waals surface area contributed by atoms with Gasteiger partial charge in [-0.2, -0.15) is 0 Å². The summed E-state index contributed by atoms with van der Waals surface area (Å²) in [5.41, 5.74) is 8.40. The van der Waals surface area contributed by atoms with E-state index in [1.165, 1.54) is 4.70 Å². The SMILES string of the molecule is Cc1csc(C(N)Cc2nc3ccccc3s2)c1Cl. The minimum absolute atomic E-state index is 0.0771. The van der Waals surface area contributed by atoms with E-state index in [-0.39, 0.29) is 6.04 Å². The Morgan fingerprint density at radius 2 is 2.16 bits per heavy atom. The third-order valence-electron chi connectivity index (χ3n) is 2.99. The van der Waals surface area contributed by atoms with Crippen LogP contribution in [-0.2, 0) is 6.42 Å². The van der Waals surface area contributed by atoms with Crippen LogP contribution in [0.3, 0.4) is 0 Å². The quantitative estimate of drug-likeness (QED) is 0.770. The molecule has 1 aromatic carbocycles. The van der Waals surface area contributed by atoms with Crippen molar-refractivity contribution < 1.29 is 0 Å². The second-order valence-corrected chi connectivity index (χ2v) is 6.89. The first-order chi connectivity index (χ1) is 9.15. The van der Waals surface area contributed by atoms with Gasteiger partial charge in [0.2, 0.25) is 0 Å². The van der Waals surface area contributed by atoms with Gasteiger partial charge in [-0.3, -0.25) is 0 Å². The van der Waals surface area contributed by atoms with E-state index in [0.717, 1.165) is 32.4 Å². The van der Waals surface area contributed by atoms with Crippen LogP contribution in [0.1, 0.15) is 21.5 Å². The highest BCUT2D eigenvalue weighted by molar-refractivity contribution is 7.18. The number of thiophene rings is 1. The van der Waals surface area contributed by atoms with Gasteiger partial charge in [0, 0.05) is 17.3 Å². The molecule has 3 rings (SSSR count). The second kappa shape index (κ2) is 5.21. The summed E-state index contributed by atoms with van der Waals surface area (Å²) < 4.78 is 1.21. The molecule has 0 radical (unpaired) electrons. The van der Waals surface area contributed by atoms with Gasteiger partial charge >= 0.3 is 0 Å². The fraction of sp³-hybridized carbons (Fsp3) is 0.214. The number of hydrogen-bond acceptors (Lipinski definition) is 4. The standard InChI is InChI=1S/C14H13ClN2S2/c1-8-7-18-14(13(8)15)9(16)6-12-17-10-4-2-3-5-11(10)19-12/h2-5,7,9H,6,16H2,1H3. The van der Waals surface area contributed by atoms with E-state index in [1.54, 1.807) is 22.7 Å². The van der Waals surface area contributed by atoms with E-state index in [4.69, 9.17) is 17.3 Å². The first kappa shape index (κ1) is 13.1. The number of halogens is 1. The lowest BCUT2D eigenvalue weighted by Crippen LogP contribution is -2.12. The minimum Gasteiger partial charge on any atom is -0.323 e. The third-order valence-corrected chi connectivity index (χ3v) is 5.90. The molecule has 0 fully saturated rings. The molecule has 5 heteroatoms. The van der Waals surface area contributed by atoms with E-state index in [9.17, 15) is 0 Å². The summed E-state index contributed by atoms with van der Waals surface area (Å²) in [5, 5.41) is 3.92. The predicted molar refractivity (Wildman–Crippen MR) is 84.3 cm³/mol. The molecule has 2 heterocycles. The zero-order valence-electron chi connectivity index (χ0n) is 10.4. The van der Waals surface area contributed by atoms with Crippen molar-refractivity contribution in [3.63, 3.8) is 0 Å². The molecule has 0 saturated heterocycles. The molecule has 1 unspecified atom stereocenters. The van der Waals surface area contributed by atoms with Gasteiger partial charge in [-0.25, -0.2) is 4.98 Å². The number of para-hydroxylation sites is 1. The van der Waals surface area contributed by atoms with Crippen molar-refractivity contribution in [1.29, 1.82) is 0 Å². The van der Waals surface area contributed by atoms with Gasteiger partial charge in [0.05, 0.1) is 20.2 Å². The summed E-state index contributed by atoms with van der Waals surface area (Å²) in [4.78, 5) is 5.67. The lowest BCUT2D eigenvalue weighted by Gasteiger charge is -2.08. The largest absolute Gasteiger partial charge is 0.323 e. The zero-order valence-corrected chi connectivity index (χ0v) is 12.8. The number of aromatic nitrogens is 1. The van der Waals surface area contributed by atoms with Crippen LogP contribution in [0.4, 0.5) is 0 Å². The summed E-state index contributed by atoms with van der Waals surface area (Å²) >= 11 is 9.60. The average molecular weight is 309 g/mol. The Labute approximate surface area is 124 Å². The van der Waals surface area contributed by atoms with Gasteiger partial charge in [0.25, 0.3) is 0 Å². The molecule has 2 N–H and O–H groups in total. The lowest BCUT2D eigenvalue weighted by molar-refractivity contribution is 0.733. The van der Waals surface area contributed by atoms with Crippen LogP contribution in [0, 0.1) is 6.92 Å². The van der Waals surface area contributed by atoms with Crippen LogP contribution in [0.2, 0.25) is 5.02 Å². The topological polar surface area (TPSA) is 38.9 Å². The van der Waals surface area contributed by atoms with Crippen molar-refractivity contribution in [2.45, 2.75) is 19.4 Å². The molecule has 0 amide bonds. The number of thiazole rings is 1. The van der Waals surface area contributed by atoms with Gasteiger partial charge in [-0.1, -0.05) is 23.7 Å². The third kappa shape index (κ3) is 2.54. The average Bonchev–Trinajstić information content (AvgIpc) is 2.93. The fourth-order valence-electron chi connectivity index (χ4n) is 1.99. The molecule has 0 saturated carbocycles. The molecular formula is C14H13ClN2S2. The number of rotatable bonds is 3. The number of aryl methyl sites for hydroxylation is 1. The van der Waals surface area contributed by atoms with E-state index >= 15 is 0 Å². The fourth-order valence-corrected chi connectivity index (χ4v) is 4.35. The molecule has 0 aliphatic heterocycles. The van der Waals surface area contributed by atoms with Crippen molar-refractivity contribution in [3.05, 3.63) is 50.1 Å². The number of fused-ring (bicyclic) bond motifs is 1. The normalized spacial score (nSPS) is 13.0. The Morgan fingerprint density at radius 1 is 1.37 bits per heavy atom. The van der Waals surface area contributed by atoms with Gasteiger partial charge < -0.3 is 5.73 Å². The molecule has 19 heavy (non-hydrogen) atoms. The monoisotopic (exact) mass is 308 g/mol. The van der Waals surface area contributed by atoms with Crippen LogP contribution in [0.25, 0.3) is 10.2 Å². The first-order valence-corrected chi connectivity index (χ1v) is 8.06. The van der Waals surface area contributed by atoms with E-state index < -0.39 is 0 Å². The highest BCUT2D eigenvalue weighted by Gasteiger charge is 2.16. The smallest absolute Gasteiger partial charge is 0.0957 e. The molecule has 98 valence electrons. The number of nitrogens with zero attached hydrogens (tertiary/aromatic N) is 1. The van der Waals surface area contributed by atoms with Crippen molar-refractivity contribution in [2.75, 3.05) is 0 Å². The summed E-state index contributed by atoms with van der Waals surface area (Å²) in [7, 11) is 0. The minimum atomic E-state index is -0.0771. The summed E-state index contributed by atoms with van der Waals surface area (Å²) in [6, 6.07) is 8.08. The summed E-state index contributed by atoms with van der Waals surface area (Å²) in [5.74, 6) is 0. The molecule has 0 aliphatic carbocycles. The summed E-state index contributed by atoms with van der Waals surface area (Å²) in [6.45, 7) is 2.01. The molecule has 2 aromatic heterocycles. The zero-order chi connectivity index (χ0) is 13.4. The molecular weight excluding hydrogens is 296 g/mol. The van der Waals surface area contributed by atoms with E-state index in [0.29, 0.717) is 0 Å². The van der Waals surface area contributed by atoms with E-state index in [1.807, 2.05) is 25.1 Å². The van der Waals surface area contributed by atoms with Gasteiger partial charge in [-0.05, 0) is 30.0 Å². The first-order valence-electron chi connectivity index (χ1n) is 5.98. The molecule has 0 bridgehead atoms. The van der Waals surface area contributed by atoms with Crippen LogP contribution in [0.5, 0.6) is 0 Å². The molecule has 3 aromatic rings. The lowest BCUT2D eigenvalue weighted by atomic mass is 10.2. The van der Waals surface area contributed by atoms with Crippen molar-refractivity contribution in [3.8, 4) is 0 Å². The Hall–Kier alpha value is -0.940. The van der Waals surface area contributed by atoms with Crippen LogP contribution >= 0.6 is 34.3 Å². The molecule has 0 spiro atoms. The Bertz CT molecular complexity index is 684. The summed E-state index contributed by atoms with van der Waals surface area (Å²) in [6.07, 6.45) is 0.735.